The molecule has 1 aliphatic carbocycles. The van der Waals surface area contributed by atoms with Gasteiger partial charge in [-0.15, -0.1) is 0 Å². The highest BCUT2D eigenvalue weighted by Crippen LogP contribution is 2.28. The van der Waals surface area contributed by atoms with E-state index in [9.17, 15) is 9.50 Å². The second kappa shape index (κ2) is 6.94. The smallest absolute Gasteiger partial charge is 0.146 e. The van der Waals surface area contributed by atoms with Crippen LogP contribution >= 0.6 is 0 Å². The van der Waals surface area contributed by atoms with Crippen molar-refractivity contribution in [1.82, 2.24) is 5.32 Å². The van der Waals surface area contributed by atoms with Crippen LogP contribution in [0.4, 0.5) is 10.1 Å². The summed E-state index contributed by atoms with van der Waals surface area (Å²) in [5.74, 6) is -0.180. The van der Waals surface area contributed by atoms with Gasteiger partial charge in [-0.05, 0) is 30.5 Å². The van der Waals surface area contributed by atoms with E-state index in [4.69, 9.17) is 4.74 Å². The Bertz CT molecular complexity index is 497. The highest BCUT2D eigenvalue weighted by atomic mass is 19.1. The number of ether oxygens (including phenoxy) is 1. The van der Waals surface area contributed by atoms with Crippen molar-refractivity contribution in [2.75, 3.05) is 37.7 Å². The monoisotopic (exact) mass is 308 g/mol. The van der Waals surface area contributed by atoms with Gasteiger partial charge in [-0.3, -0.25) is 0 Å². The molecular formula is C17H25FN2O2. The molecule has 4 nitrogen and oxygen atoms in total. The molecule has 0 unspecified atom stereocenters. The number of nitrogens with one attached hydrogen (secondary N) is 1. The number of benzene rings is 1. The Labute approximate surface area is 131 Å². The van der Waals surface area contributed by atoms with E-state index in [1.54, 1.807) is 6.07 Å². The third-order valence-corrected chi connectivity index (χ3v) is 4.68. The molecule has 0 radical (unpaired) electrons. The number of anilines is 1. The van der Waals surface area contributed by atoms with Gasteiger partial charge in [0.05, 0.1) is 24.5 Å². The molecule has 0 atom stereocenters. The molecule has 1 aromatic rings. The van der Waals surface area contributed by atoms with Gasteiger partial charge < -0.3 is 20.1 Å². The van der Waals surface area contributed by atoms with Gasteiger partial charge >= 0.3 is 0 Å². The first kappa shape index (κ1) is 15.7. The third-order valence-electron chi connectivity index (χ3n) is 4.68. The lowest BCUT2D eigenvalue weighted by Gasteiger charge is -2.29. The number of aliphatic hydroxyl groups is 1. The van der Waals surface area contributed by atoms with Gasteiger partial charge in [-0.25, -0.2) is 4.39 Å². The highest BCUT2D eigenvalue weighted by molar-refractivity contribution is 5.49. The lowest BCUT2D eigenvalue weighted by molar-refractivity contribution is 0.0475. The van der Waals surface area contributed by atoms with E-state index in [2.05, 4.69) is 5.32 Å². The Morgan fingerprint density at radius 3 is 2.64 bits per heavy atom. The van der Waals surface area contributed by atoms with Crippen LogP contribution in [0.2, 0.25) is 0 Å². The van der Waals surface area contributed by atoms with Crippen molar-refractivity contribution in [3.05, 3.63) is 29.6 Å². The minimum atomic E-state index is -0.563. The fourth-order valence-electron chi connectivity index (χ4n) is 3.37. The van der Waals surface area contributed by atoms with E-state index in [0.29, 0.717) is 32.0 Å². The molecular weight excluding hydrogens is 283 g/mol. The molecule has 0 spiro atoms. The first-order valence-corrected chi connectivity index (χ1v) is 8.21. The van der Waals surface area contributed by atoms with Crippen LogP contribution in [-0.2, 0) is 11.3 Å². The van der Waals surface area contributed by atoms with Crippen molar-refractivity contribution in [1.29, 1.82) is 0 Å². The molecule has 22 heavy (non-hydrogen) atoms. The average molecular weight is 308 g/mol. The quantitative estimate of drug-likeness (QED) is 0.874. The summed E-state index contributed by atoms with van der Waals surface area (Å²) in [6, 6.07) is 5.40. The predicted octanol–water partition coefficient (Wildman–Crippen LogP) is 2.06. The van der Waals surface area contributed by atoms with Crippen LogP contribution in [0.25, 0.3) is 0 Å². The van der Waals surface area contributed by atoms with Gasteiger partial charge in [0.1, 0.15) is 5.82 Å². The second-order valence-electron chi connectivity index (χ2n) is 6.42. The van der Waals surface area contributed by atoms with Gasteiger partial charge in [-0.2, -0.15) is 0 Å². The van der Waals surface area contributed by atoms with Gasteiger partial charge in [0.15, 0.2) is 0 Å². The topological polar surface area (TPSA) is 44.7 Å². The molecule has 0 aromatic heterocycles. The van der Waals surface area contributed by atoms with Crippen molar-refractivity contribution in [3.8, 4) is 0 Å². The van der Waals surface area contributed by atoms with Crippen LogP contribution in [-0.4, -0.2) is 43.6 Å². The van der Waals surface area contributed by atoms with Crippen molar-refractivity contribution < 1.29 is 14.2 Å². The van der Waals surface area contributed by atoms with E-state index in [-0.39, 0.29) is 5.82 Å². The van der Waals surface area contributed by atoms with Gasteiger partial charge in [-0.1, -0.05) is 18.9 Å². The molecule has 2 aliphatic rings. The SMILES string of the molecule is OC1(CNCc2ccc(N3CCOCC3)c(F)c2)CCCC1. The maximum Gasteiger partial charge on any atom is 0.146 e. The molecule has 1 aromatic carbocycles. The number of rotatable bonds is 5. The molecule has 3 rings (SSSR count). The summed E-state index contributed by atoms with van der Waals surface area (Å²) >= 11 is 0. The van der Waals surface area contributed by atoms with E-state index in [1.807, 2.05) is 17.0 Å². The fourth-order valence-corrected chi connectivity index (χ4v) is 3.37. The Balaban J connectivity index is 1.55. The summed E-state index contributed by atoms with van der Waals surface area (Å²) in [7, 11) is 0. The maximum atomic E-state index is 14.3. The molecule has 2 fully saturated rings. The van der Waals surface area contributed by atoms with Crippen LogP contribution in [0.5, 0.6) is 0 Å². The number of nitrogens with zero attached hydrogens (tertiary/aromatic N) is 1. The van der Waals surface area contributed by atoms with Crippen molar-refractivity contribution in [3.63, 3.8) is 0 Å². The zero-order valence-corrected chi connectivity index (χ0v) is 13.0. The van der Waals surface area contributed by atoms with Crippen molar-refractivity contribution >= 4 is 5.69 Å². The molecule has 2 N–H and O–H groups in total. The number of halogens is 1. The van der Waals surface area contributed by atoms with E-state index in [1.165, 1.54) is 0 Å². The van der Waals surface area contributed by atoms with E-state index >= 15 is 0 Å². The largest absolute Gasteiger partial charge is 0.389 e. The molecule has 0 bridgehead atoms. The summed E-state index contributed by atoms with van der Waals surface area (Å²) in [5, 5.41) is 13.5. The van der Waals surface area contributed by atoms with Crippen LogP contribution < -0.4 is 10.2 Å². The average Bonchev–Trinajstić information content (AvgIpc) is 2.95. The van der Waals surface area contributed by atoms with Crippen LogP contribution in [0.3, 0.4) is 0 Å². The molecule has 0 amide bonds. The summed E-state index contributed by atoms with van der Waals surface area (Å²) < 4.78 is 19.6. The standard InChI is InChI=1S/C17H25FN2O2/c18-15-11-14(12-19-13-17(21)5-1-2-6-17)3-4-16(15)20-7-9-22-10-8-20/h3-4,11,19,21H,1-2,5-10,12-13H2. The molecule has 1 heterocycles. The highest BCUT2D eigenvalue weighted by Gasteiger charge is 2.30. The van der Waals surface area contributed by atoms with Crippen LogP contribution in [0.15, 0.2) is 18.2 Å². The summed E-state index contributed by atoms with van der Waals surface area (Å²) in [5.41, 5.74) is 1.00. The Kier molecular flexibility index (Phi) is 4.96. The molecule has 122 valence electrons. The number of hydrogen-bond donors (Lipinski definition) is 2. The second-order valence-corrected chi connectivity index (χ2v) is 6.42. The molecule has 5 heteroatoms. The summed E-state index contributed by atoms with van der Waals surface area (Å²) in [6.45, 7) is 3.95. The van der Waals surface area contributed by atoms with Crippen LogP contribution in [0.1, 0.15) is 31.2 Å². The van der Waals surface area contributed by atoms with Crippen molar-refractivity contribution in [2.45, 2.75) is 37.8 Å². The first-order valence-electron chi connectivity index (χ1n) is 8.21. The third kappa shape index (κ3) is 3.77. The lowest BCUT2D eigenvalue weighted by atomic mass is 10.0. The normalized spacial score (nSPS) is 21.3. The minimum absolute atomic E-state index is 0.180. The molecule has 1 saturated heterocycles. The van der Waals surface area contributed by atoms with Crippen molar-refractivity contribution in [2.24, 2.45) is 0 Å². The number of hydrogen-bond acceptors (Lipinski definition) is 4. The van der Waals surface area contributed by atoms with Gasteiger partial charge in [0.2, 0.25) is 0 Å². The first-order chi connectivity index (χ1) is 10.7. The van der Waals surface area contributed by atoms with Gasteiger partial charge in [0, 0.05) is 26.2 Å². The molecule has 1 aliphatic heterocycles. The van der Waals surface area contributed by atoms with Crippen LogP contribution in [0, 0.1) is 5.82 Å². The summed E-state index contributed by atoms with van der Waals surface area (Å²) in [4.78, 5) is 2.03. The zero-order valence-electron chi connectivity index (χ0n) is 13.0. The minimum Gasteiger partial charge on any atom is -0.389 e. The van der Waals surface area contributed by atoms with E-state index in [0.717, 1.165) is 44.3 Å². The fraction of sp³-hybridized carbons (Fsp3) is 0.647. The van der Waals surface area contributed by atoms with E-state index < -0.39 is 5.60 Å². The number of morpholine rings is 1. The maximum absolute atomic E-state index is 14.3. The summed E-state index contributed by atoms with van der Waals surface area (Å²) in [6.07, 6.45) is 3.93. The Morgan fingerprint density at radius 2 is 1.95 bits per heavy atom. The Hall–Kier alpha value is -1.17. The molecule has 1 saturated carbocycles. The predicted molar refractivity (Wildman–Crippen MR) is 84.6 cm³/mol. The van der Waals surface area contributed by atoms with Gasteiger partial charge in [0.25, 0.3) is 0 Å². The Morgan fingerprint density at radius 1 is 1.23 bits per heavy atom. The lowest BCUT2D eigenvalue weighted by Crippen LogP contribution is -2.37. The zero-order chi connectivity index (χ0) is 15.4.